The molecule has 1 amide bonds. The predicted octanol–water partition coefficient (Wildman–Crippen LogP) is 0.881. The number of aromatic nitrogens is 2. The summed E-state index contributed by atoms with van der Waals surface area (Å²) < 4.78 is 0. The molecule has 1 aromatic heterocycles. The van der Waals surface area contributed by atoms with Crippen LogP contribution in [0.5, 0.6) is 0 Å². The molecule has 0 bridgehead atoms. The van der Waals surface area contributed by atoms with Crippen LogP contribution >= 0.6 is 11.6 Å². The lowest BCUT2D eigenvalue weighted by Gasteiger charge is -2.05. The van der Waals surface area contributed by atoms with Gasteiger partial charge in [-0.3, -0.25) is 4.79 Å². The van der Waals surface area contributed by atoms with Gasteiger partial charge in [0.1, 0.15) is 10.8 Å². The summed E-state index contributed by atoms with van der Waals surface area (Å²) in [5.41, 5.74) is 0.191. The standard InChI is InChI=1S/C9H8ClN3O/c1-3-6(2)13-9(14)7-4-12-8(10)5-11-7/h1,4-6H,2H3,(H,13,14). The molecule has 1 unspecified atom stereocenters. The van der Waals surface area contributed by atoms with Crippen molar-refractivity contribution in [1.29, 1.82) is 0 Å². The summed E-state index contributed by atoms with van der Waals surface area (Å²) in [7, 11) is 0. The quantitative estimate of drug-likeness (QED) is 0.736. The molecular weight excluding hydrogens is 202 g/mol. The van der Waals surface area contributed by atoms with Crippen LogP contribution in [0.2, 0.25) is 5.15 Å². The fourth-order valence-electron chi connectivity index (χ4n) is 0.742. The normalized spacial score (nSPS) is 11.5. The molecule has 72 valence electrons. The lowest BCUT2D eigenvalue weighted by Crippen LogP contribution is -2.31. The van der Waals surface area contributed by atoms with E-state index in [1.54, 1.807) is 6.92 Å². The Morgan fingerprint density at radius 3 is 2.86 bits per heavy atom. The van der Waals surface area contributed by atoms with Crippen LogP contribution in [0.4, 0.5) is 0 Å². The van der Waals surface area contributed by atoms with Crippen molar-refractivity contribution in [3.63, 3.8) is 0 Å². The van der Waals surface area contributed by atoms with Gasteiger partial charge in [-0.25, -0.2) is 9.97 Å². The van der Waals surface area contributed by atoms with E-state index >= 15 is 0 Å². The predicted molar refractivity (Wildman–Crippen MR) is 52.8 cm³/mol. The van der Waals surface area contributed by atoms with Crippen molar-refractivity contribution in [2.45, 2.75) is 13.0 Å². The van der Waals surface area contributed by atoms with E-state index in [0.717, 1.165) is 0 Å². The zero-order valence-corrected chi connectivity index (χ0v) is 8.25. The first-order valence-electron chi connectivity index (χ1n) is 3.88. The largest absolute Gasteiger partial charge is 0.337 e. The smallest absolute Gasteiger partial charge is 0.272 e. The zero-order valence-electron chi connectivity index (χ0n) is 7.49. The Labute approximate surface area is 86.7 Å². The van der Waals surface area contributed by atoms with Crippen LogP contribution in [0.15, 0.2) is 12.4 Å². The molecule has 0 fully saturated rings. The van der Waals surface area contributed by atoms with E-state index < -0.39 is 0 Å². The van der Waals surface area contributed by atoms with E-state index in [-0.39, 0.29) is 22.8 Å². The fourth-order valence-corrected chi connectivity index (χ4v) is 0.839. The van der Waals surface area contributed by atoms with Gasteiger partial charge < -0.3 is 5.32 Å². The number of nitrogens with zero attached hydrogens (tertiary/aromatic N) is 2. The van der Waals surface area contributed by atoms with E-state index in [0.29, 0.717) is 0 Å². The second-order valence-corrected chi connectivity index (χ2v) is 2.97. The van der Waals surface area contributed by atoms with Crippen LogP contribution in [0.3, 0.4) is 0 Å². The fraction of sp³-hybridized carbons (Fsp3) is 0.222. The van der Waals surface area contributed by atoms with Crippen molar-refractivity contribution < 1.29 is 4.79 Å². The lowest BCUT2D eigenvalue weighted by atomic mass is 10.3. The Morgan fingerprint density at radius 1 is 1.64 bits per heavy atom. The van der Waals surface area contributed by atoms with E-state index in [4.69, 9.17) is 18.0 Å². The van der Waals surface area contributed by atoms with Gasteiger partial charge in [0.05, 0.1) is 18.4 Å². The van der Waals surface area contributed by atoms with Crippen LogP contribution in [0.25, 0.3) is 0 Å². The van der Waals surface area contributed by atoms with Crippen molar-refractivity contribution in [3.8, 4) is 12.3 Å². The molecule has 1 N–H and O–H groups in total. The van der Waals surface area contributed by atoms with Gasteiger partial charge >= 0.3 is 0 Å². The number of terminal acetylenes is 1. The third-order valence-corrected chi connectivity index (χ3v) is 1.65. The number of carbonyl (C=O) groups is 1. The topological polar surface area (TPSA) is 54.9 Å². The van der Waals surface area contributed by atoms with Gasteiger partial charge in [0.2, 0.25) is 0 Å². The number of hydrogen-bond donors (Lipinski definition) is 1. The first-order valence-corrected chi connectivity index (χ1v) is 4.26. The summed E-state index contributed by atoms with van der Waals surface area (Å²) in [5.74, 6) is 2.01. The first-order chi connectivity index (χ1) is 6.63. The van der Waals surface area contributed by atoms with Gasteiger partial charge in [-0.1, -0.05) is 17.5 Å². The SMILES string of the molecule is C#CC(C)NC(=O)c1cnc(Cl)cn1. The molecular formula is C9H8ClN3O. The Morgan fingerprint density at radius 2 is 2.36 bits per heavy atom. The average Bonchev–Trinajstić information content (AvgIpc) is 2.18. The highest BCUT2D eigenvalue weighted by atomic mass is 35.5. The minimum atomic E-state index is -0.361. The van der Waals surface area contributed by atoms with Crippen molar-refractivity contribution >= 4 is 17.5 Å². The molecule has 0 aliphatic rings. The number of rotatable bonds is 2. The molecule has 1 aromatic rings. The molecule has 0 saturated heterocycles. The summed E-state index contributed by atoms with van der Waals surface area (Å²) in [6, 6.07) is -0.333. The lowest BCUT2D eigenvalue weighted by molar-refractivity contribution is 0.0943. The number of carbonyl (C=O) groups excluding carboxylic acids is 1. The maximum Gasteiger partial charge on any atom is 0.272 e. The Balaban J connectivity index is 2.71. The van der Waals surface area contributed by atoms with Crippen LogP contribution in [-0.4, -0.2) is 21.9 Å². The van der Waals surface area contributed by atoms with Crippen LogP contribution in [0.1, 0.15) is 17.4 Å². The van der Waals surface area contributed by atoms with Crippen molar-refractivity contribution in [3.05, 3.63) is 23.2 Å². The molecule has 0 saturated carbocycles. The summed E-state index contributed by atoms with van der Waals surface area (Å²) in [4.78, 5) is 18.9. The molecule has 0 aliphatic carbocycles. The van der Waals surface area contributed by atoms with E-state index in [9.17, 15) is 4.79 Å². The van der Waals surface area contributed by atoms with E-state index in [1.807, 2.05) is 0 Å². The highest BCUT2D eigenvalue weighted by Gasteiger charge is 2.09. The Bertz CT molecular complexity index is 369. The molecule has 4 nitrogen and oxygen atoms in total. The first kappa shape index (κ1) is 10.5. The van der Waals surface area contributed by atoms with Gasteiger partial charge in [0, 0.05) is 0 Å². The van der Waals surface area contributed by atoms with Crippen LogP contribution < -0.4 is 5.32 Å². The van der Waals surface area contributed by atoms with Gasteiger partial charge in [-0.2, -0.15) is 0 Å². The number of halogens is 1. The monoisotopic (exact) mass is 209 g/mol. The highest BCUT2D eigenvalue weighted by Crippen LogP contribution is 2.01. The van der Waals surface area contributed by atoms with Crippen molar-refractivity contribution in [2.24, 2.45) is 0 Å². The molecule has 5 heteroatoms. The van der Waals surface area contributed by atoms with E-state index in [1.165, 1.54) is 12.4 Å². The van der Waals surface area contributed by atoms with Gasteiger partial charge in [0.15, 0.2) is 0 Å². The summed E-state index contributed by atoms with van der Waals surface area (Å²) in [6.45, 7) is 1.70. The maximum absolute atomic E-state index is 11.4. The van der Waals surface area contributed by atoms with Crippen LogP contribution in [0, 0.1) is 12.3 Å². The molecule has 14 heavy (non-hydrogen) atoms. The Kier molecular flexibility index (Phi) is 3.43. The molecule has 0 aromatic carbocycles. The molecule has 0 aliphatic heterocycles. The second-order valence-electron chi connectivity index (χ2n) is 2.59. The molecule has 1 heterocycles. The van der Waals surface area contributed by atoms with Crippen LogP contribution in [-0.2, 0) is 0 Å². The maximum atomic E-state index is 11.4. The zero-order chi connectivity index (χ0) is 10.6. The average molecular weight is 210 g/mol. The van der Waals surface area contributed by atoms with Gasteiger partial charge in [-0.15, -0.1) is 6.42 Å². The van der Waals surface area contributed by atoms with Crippen molar-refractivity contribution in [1.82, 2.24) is 15.3 Å². The molecule has 0 radical (unpaired) electrons. The number of nitrogens with one attached hydrogen (secondary N) is 1. The third-order valence-electron chi connectivity index (χ3n) is 1.45. The summed E-state index contributed by atoms with van der Waals surface area (Å²) in [6.07, 6.45) is 7.70. The van der Waals surface area contributed by atoms with E-state index in [2.05, 4.69) is 21.2 Å². The van der Waals surface area contributed by atoms with Gasteiger partial charge in [0.25, 0.3) is 5.91 Å². The number of amides is 1. The molecule has 1 atom stereocenters. The summed E-state index contributed by atoms with van der Waals surface area (Å²) >= 11 is 5.51. The minimum absolute atomic E-state index is 0.191. The number of hydrogen-bond acceptors (Lipinski definition) is 3. The molecule has 1 rings (SSSR count). The van der Waals surface area contributed by atoms with Gasteiger partial charge in [-0.05, 0) is 6.92 Å². The second kappa shape index (κ2) is 4.58. The van der Waals surface area contributed by atoms with Crippen molar-refractivity contribution in [2.75, 3.05) is 0 Å². The highest BCUT2D eigenvalue weighted by molar-refractivity contribution is 6.29. The minimum Gasteiger partial charge on any atom is -0.337 e. The third kappa shape index (κ3) is 2.71. The Hall–Kier alpha value is -1.60. The summed E-state index contributed by atoms with van der Waals surface area (Å²) in [5, 5.41) is 2.79. The molecule has 0 spiro atoms.